The van der Waals surface area contributed by atoms with Gasteiger partial charge in [-0.25, -0.2) is 8.78 Å². The predicted octanol–water partition coefficient (Wildman–Crippen LogP) is 2.91. The third-order valence-corrected chi connectivity index (χ3v) is 5.95. The molecule has 2 aliphatic heterocycles. The van der Waals surface area contributed by atoms with Crippen LogP contribution in [0.15, 0.2) is 18.2 Å². The molecule has 0 aliphatic carbocycles. The van der Waals surface area contributed by atoms with Gasteiger partial charge in [-0.1, -0.05) is 0 Å². The number of rotatable bonds is 4. The van der Waals surface area contributed by atoms with Crippen molar-refractivity contribution < 1.29 is 13.6 Å². The average molecular weight is 340 g/mol. The summed E-state index contributed by atoms with van der Waals surface area (Å²) >= 11 is 2.03. The monoisotopic (exact) mass is 340 g/mol. The molecule has 1 N–H and O–H groups in total. The maximum atomic E-state index is 13.2. The Labute approximate surface area is 139 Å². The number of halogens is 2. The van der Waals surface area contributed by atoms with Gasteiger partial charge in [-0.2, -0.15) is 11.8 Å². The minimum atomic E-state index is -0.986. The highest BCUT2D eigenvalue weighted by Crippen LogP contribution is 2.26. The van der Waals surface area contributed by atoms with E-state index in [0.29, 0.717) is 12.5 Å². The highest BCUT2D eigenvalue weighted by atomic mass is 32.2. The molecule has 23 heavy (non-hydrogen) atoms. The quantitative estimate of drug-likeness (QED) is 0.915. The van der Waals surface area contributed by atoms with Crippen molar-refractivity contribution in [1.82, 2.24) is 10.2 Å². The van der Waals surface area contributed by atoms with Gasteiger partial charge in [0.2, 0.25) is 0 Å². The predicted molar refractivity (Wildman–Crippen MR) is 88.7 cm³/mol. The molecule has 6 heteroatoms. The number of benzene rings is 1. The van der Waals surface area contributed by atoms with Crippen LogP contribution < -0.4 is 5.32 Å². The Morgan fingerprint density at radius 3 is 2.65 bits per heavy atom. The van der Waals surface area contributed by atoms with Gasteiger partial charge < -0.3 is 5.32 Å². The fourth-order valence-corrected chi connectivity index (χ4v) is 4.56. The van der Waals surface area contributed by atoms with E-state index in [-0.39, 0.29) is 11.5 Å². The van der Waals surface area contributed by atoms with E-state index in [1.165, 1.54) is 24.0 Å². The molecule has 2 fully saturated rings. The molecule has 0 radical (unpaired) electrons. The van der Waals surface area contributed by atoms with Crippen LogP contribution in [0.3, 0.4) is 0 Å². The molecule has 0 spiro atoms. The van der Waals surface area contributed by atoms with Crippen molar-refractivity contribution in [3.05, 3.63) is 35.4 Å². The first-order valence-corrected chi connectivity index (χ1v) is 9.34. The van der Waals surface area contributed by atoms with Gasteiger partial charge in [0.15, 0.2) is 11.6 Å². The van der Waals surface area contributed by atoms with Crippen molar-refractivity contribution in [2.45, 2.75) is 25.3 Å². The summed E-state index contributed by atoms with van der Waals surface area (Å²) in [7, 11) is 0. The number of carbonyl (C=O) groups excluding carboxylic acids is 1. The normalized spacial score (nSPS) is 23.1. The molecule has 1 atom stereocenters. The molecule has 3 nitrogen and oxygen atoms in total. The van der Waals surface area contributed by atoms with E-state index >= 15 is 0 Å². The number of hydrogen-bond acceptors (Lipinski definition) is 3. The Morgan fingerprint density at radius 2 is 2.00 bits per heavy atom. The van der Waals surface area contributed by atoms with Crippen molar-refractivity contribution in [3.8, 4) is 0 Å². The number of hydrogen-bond donors (Lipinski definition) is 1. The number of carbonyl (C=O) groups is 1. The van der Waals surface area contributed by atoms with Crippen molar-refractivity contribution in [2.75, 3.05) is 31.1 Å². The SMILES string of the molecule is O=C(NCC1CCN([C@H]2CCSC2)CC1)c1ccc(F)c(F)c1. The molecule has 0 bridgehead atoms. The minimum Gasteiger partial charge on any atom is -0.352 e. The van der Waals surface area contributed by atoms with Crippen LogP contribution in [0.1, 0.15) is 29.6 Å². The van der Waals surface area contributed by atoms with E-state index in [2.05, 4.69) is 10.2 Å². The Kier molecular flexibility index (Phi) is 5.54. The molecule has 2 aliphatic rings. The molecule has 0 unspecified atom stereocenters. The summed E-state index contributed by atoms with van der Waals surface area (Å²) < 4.78 is 26.1. The summed E-state index contributed by atoms with van der Waals surface area (Å²) in [5.74, 6) is 0.735. The van der Waals surface area contributed by atoms with Gasteiger partial charge in [-0.05, 0) is 62.2 Å². The van der Waals surface area contributed by atoms with Gasteiger partial charge in [0.05, 0.1) is 0 Å². The van der Waals surface area contributed by atoms with Crippen molar-refractivity contribution in [3.63, 3.8) is 0 Å². The van der Waals surface area contributed by atoms with Gasteiger partial charge in [-0.3, -0.25) is 9.69 Å². The number of piperidine rings is 1. The topological polar surface area (TPSA) is 32.3 Å². The maximum absolute atomic E-state index is 13.2. The average Bonchev–Trinajstić information content (AvgIpc) is 3.10. The molecule has 0 saturated carbocycles. The summed E-state index contributed by atoms with van der Waals surface area (Å²) in [6.45, 7) is 2.79. The lowest BCUT2D eigenvalue weighted by Crippen LogP contribution is -2.43. The molecule has 2 heterocycles. The highest BCUT2D eigenvalue weighted by Gasteiger charge is 2.27. The smallest absolute Gasteiger partial charge is 0.251 e. The molecule has 1 aromatic rings. The maximum Gasteiger partial charge on any atom is 0.251 e. The second-order valence-corrected chi connectivity index (χ2v) is 7.49. The summed E-state index contributed by atoms with van der Waals surface area (Å²) in [6, 6.07) is 3.99. The van der Waals surface area contributed by atoms with E-state index in [1.807, 2.05) is 11.8 Å². The number of nitrogens with zero attached hydrogens (tertiary/aromatic N) is 1. The van der Waals surface area contributed by atoms with Crippen molar-refractivity contribution in [2.24, 2.45) is 5.92 Å². The first-order chi connectivity index (χ1) is 11.1. The number of amides is 1. The number of nitrogens with one attached hydrogen (secondary N) is 1. The van der Waals surface area contributed by atoms with Gasteiger partial charge in [-0.15, -0.1) is 0 Å². The van der Waals surface area contributed by atoms with Crippen LogP contribution in [0.4, 0.5) is 8.78 Å². The van der Waals surface area contributed by atoms with Gasteiger partial charge in [0, 0.05) is 23.9 Å². The van der Waals surface area contributed by atoms with Gasteiger partial charge in [0.1, 0.15) is 0 Å². The third kappa shape index (κ3) is 4.23. The van der Waals surface area contributed by atoms with Crippen LogP contribution in [0.5, 0.6) is 0 Å². The Hall–Kier alpha value is -1.14. The largest absolute Gasteiger partial charge is 0.352 e. The van der Waals surface area contributed by atoms with Crippen LogP contribution in [0.25, 0.3) is 0 Å². The highest BCUT2D eigenvalue weighted by molar-refractivity contribution is 7.99. The second kappa shape index (κ2) is 7.62. The Bertz CT molecular complexity index is 556. The van der Waals surface area contributed by atoms with E-state index in [9.17, 15) is 13.6 Å². The summed E-state index contributed by atoms with van der Waals surface area (Å²) in [5.41, 5.74) is 0.171. The molecule has 1 amide bonds. The van der Waals surface area contributed by atoms with E-state index in [1.54, 1.807) is 0 Å². The Balaban J connectivity index is 1.44. The first-order valence-electron chi connectivity index (χ1n) is 8.18. The Morgan fingerprint density at radius 1 is 1.22 bits per heavy atom. The minimum absolute atomic E-state index is 0.171. The molecular weight excluding hydrogens is 318 g/mol. The van der Waals surface area contributed by atoms with Crippen LogP contribution in [0.2, 0.25) is 0 Å². The summed E-state index contributed by atoms with van der Waals surface area (Å²) in [6.07, 6.45) is 3.46. The van der Waals surface area contributed by atoms with Gasteiger partial charge in [0.25, 0.3) is 5.91 Å². The van der Waals surface area contributed by atoms with Crippen molar-refractivity contribution >= 4 is 17.7 Å². The molecule has 2 saturated heterocycles. The van der Waals surface area contributed by atoms with Gasteiger partial charge >= 0.3 is 0 Å². The lowest BCUT2D eigenvalue weighted by Gasteiger charge is -2.35. The first kappa shape index (κ1) is 16.7. The van der Waals surface area contributed by atoms with Crippen molar-refractivity contribution in [1.29, 1.82) is 0 Å². The number of likely N-dealkylation sites (tertiary alicyclic amines) is 1. The second-order valence-electron chi connectivity index (χ2n) is 6.34. The zero-order valence-electron chi connectivity index (χ0n) is 13.1. The molecular formula is C17H22F2N2OS. The fraction of sp³-hybridized carbons (Fsp3) is 0.588. The standard InChI is InChI=1S/C17H22F2N2OS/c18-15-2-1-13(9-16(15)19)17(22)20-10-12-3-6-21(7-4-12)14-5-8-23-11-14/h1-2,9,12,14H,3-8,10-11H2,(H,20,22)/t14-/m0/s1. The fourth-order valence-electron chi connectivity index (χ4n) is 3.31. The lowest BCUT2D eigenvalue weighted by molar-refractivity contribution is 0.0927. The van der Waals surface area contributed by atoms with Crippen LogP contribution >= 0.6 is 11.8 Å². The zero-order chi connectivity index (χ0) is 16.2. The van der Waals surface area contributed by atoms with Crippen LogP contribution in [-0.2, 0) is 0 Å². The molecule has 0 aromatic heterocycles. The zero-order valence-corrected chi connectivity index (χ0v) is 13.9. The lowest BCUT2D eigenvalue weighted by atomic mass is 9.95. The van der Waals surface area contributed by atoms with E-state index in [0.717, 1.165) is 44.1 Å². The van der Waals surface area contributed by atoms with Crippen LogP contribution in [-0.4, -0.2) is 48.0 Å². The van der Waals surface area contributed by atoms with E-state index in [4.69, 9.17) is 0 Å². The van der Waals surface area contributed by atoms with E-state index < -0.39 is 11.6 Å². The molecule has 3 rings (SSSR count). The summed E-state index contributed by atoms with van der Waals surface area (Å²) in [4.78, 5) is 14.6. The van der Waals surface area contributed by atoms with Crippen LogP contribution in [0, 0.1) is 17.6 Å². The third-order valence-electron chi connectivity index (χ3n) is 4.80. The summed E-state index contributed by atoms with van der Waals surface area (Å²) in [5, 5.41) is 2.85. The number of thioether (sulfide) groups is 1. The molecule has 126 valence electrons. The molecule has 1 aromatic carbocycles.